The molecule has 2 heteroatoms. The molecule has 2 nitrogen and oxygen atoms in total. The average molecular weight is 180 g/mol. The number of hydrogen-bond acceptors (Lipinski definition) is 1. The van der Waals surface area contributed by atoms with Gasteiger partial charge in [-0.05, 0) is 12.8 Å². The second-order valence-corrected chi connectivity index (χ2v) is 3.91. The first kappa shape index (κ1) is 10.3. The number of unbranched alkanes of at least 4 members (excludes halogenated alkanes) is 2. The van der Waals surface area contributed by atoms with Crippen LogP contribution in [0.15, 0.2) is 6.20 Å². The minimum absolute atomic E-state index is 0.514. The molecular weight excluding hydrogens is 160 g/mol. The van der Waals surface area contributed by atoms with E-state index in [1.165, 1.54) is 25.0 Å². The minimum Gasteiger partial charge on any atom is -0.346 e. The van der Waals surface area contributed by atoms with Crippen molar-refractivity contribution in [1.29, 1.82) is 0 Å². The SMILES string of the molecule is CCCCCc1cnc(C(C)C)[nH]1. The summed E-state index contributed by atoms with van der Waals surface area (Å²) < 4.78 is 0. The number of imidazole rings is 1. The number of aromatic nitrogens is 2. The van der Waals surface area contributed by atoms with Gasteiger partial charge in [-0.1, -0.05) is 33.6 Å². The Morgan fingerprint density at radius 1 is 1.38 bits per heavy atom. The third kappa shape index (κ3) is 3.21. The highest BCUT2D eigenvalue weighted by molar-refractivity contribution is 5.03. The second-order valence-electron chi connectivity index (χ2n) is 3.91. The van der Waals surface area contributed by atoms with Gasteiger partial charge in [0.05, 0.1) is 0 Å². The van der Waals surface area contributed by atoms with Gasteiger partial charge in [0.2, 0.25) is 0 Å². The van der Waals surface area contributed by atoms with Gasteiger partial charge >= 0.3 is 0 Å². The van der Waals surface area contributed by atoms with Gasteiger partial charge in [0, 0.05) is 17.8 Å². The van der Waals surface area contributed by atoms with Crippen molar-refractivity contribution < 1.29 is 0 Å². The molecule has 74 valence electrons. The van der Waals surface area contributed by atoms with Crippen LogP contribution in [0.2, 0.25) is 0 Å². The highest BCUT2D eigenvalue weighted by Crippen LogP contribution is 2.11. The molecule has 0 fully saturated rings. The Kier molecular flexibility index (Phi) is 4.00. The molecule has 0 saturated heterocycles. The Morgan fingerprint density at radius 2 is 2.15 bits per heavy atom. The molecule has 0 unspecified atom stereocenters. The molecule has 13 heavy (non-hydrogen) atoms. The molecule has 1 N–H and O–H groups in total. The minimum atomic E-state index is 0.514. The predicted octanol–water partition coefficient (Wildman–Crippen LogP) is 3.27. The first-order valence-electron chi connectivity index (χ1n) is 5.27. The van der Waals surface area contributed by atoms with Gasteiger partial charge in [-0.25, -0.2) is 4.98 Å². The number of H-pyrrole nitrogens is 1. The number of nitrogens with zero attached hydrogens (tertiary/aromatic N) is 1. The van der Waals surface area contributed by atoms with Crippen LogP contribution in [0, 0.1) is 0 Å². The fourth-order valence-corrected chi connectivity index (χ4v) is 1.36. The maximum Gasteiger partial charge on any atom is 0.108 e. The zero-order chi connectivity index (χ0) is 9.68. The van der Waals surface area contributed by atoms with Crippen LogP contribution in [0.1, 0.15) is 57.5 Å². The van der Waals surface area contributed by atoms with Crippen molar-refractivity contribution in [2.75, 3.05) is 0 Å². The van der Waals surface area contributed by atoms with Crippen molar-refractivity contribution in [2.45, 2.75) is 52.4 Å². The quantitative estimate of drug-likeness (QED) is 0.692. The molecule has 1 rings (SSSR count). The second kappa shape index (κ2) is 5.05. The van der Waals surface area contributed by atoms with Gasteiger partial charge < -0.3 is 4.98 Å². The van der Waals surface area contributed by atoms with E-state index < -0.39 is 0 Å². The van der Waals surface area contributed by atoms with E-state index in [0.717, 1.165) is 12.2 Å². The molecule has 0 radical (unpaired) electrons. The molecule has 0 spiro atoms. The molecule has 1 aromatic heterocycles. The topological polar surface area (TPSA) is 28.7 Å². The number of nitrogens with one attached hydrogen (secondary N) is 1. The lowest BCUT2D eigenvalue weighted by molar-refractivity contribution is 0.705. The third-order valence-electron chi connectivity index (χ3n) is 2.24. The zero-order valence-electron chi connectivity index (χ0n) is 8.93. The third-order valence-corrected chi connectivity index (χ3v) is 2.24. The molecule has 0 aliphatic carbocycles. The molecule has 0 bridgehead atoms. The Bertz CT molecular complexity index is 238. The van der Waals surface area contributed by atoms with Crippen molar-refractivity contribution in [3.05, 3.63) is 17.7 Å². The largest absolute Gasteiger partial charge is 0.346 e. The number of rotatable bonds is 5. The fourth-order valence-electron chi connectivity index (χ4n) is 1.36. The normalized spacial score (nSPS) is 11.1. The number of hydrogen-bond donors (Lipinski definition) is 1. The Labute approximate surface area is 80.8 Å². The van der Waals surface area contributed by atoms with Crippen LogP contribution < -0.4 is 0 Å². The summed E-state index contributed by atoms with van der Waals surface area (Å²) in [6.07, 6.45) is 7.00. The lowest BCUT2D eigenvalue weighted by Gasteiger charge is -1.98. The highest BCUT2D eigenvalue weighted by Gasteiger charge is 2.03. The van der Waals surface area contributed by atoms with E-state index in [1.807, 2.05) is 6.20 Å². The molecule has 1 aromatic rings. The lowest BCUT2D eigenvalue weighted by Crippen LogP contribution is -1.91. The summed E-state index contributed by atoms with van der Waals surface area (Å²) in [5.74, 6) is 1.63. The maximum atomic E-state index is 4.34. The van der Waals surface area contributed by atoms with Crippen LogP contribution in [0.5, 0.6) is 0 Å². The van der Waals surface area contributed by atoms with Gasteiger partial charge in [0.25, 0.3) is 0 Å². The van der Waals surface area contributed by atoms with E-state index in [-0.39, 0.29) is 0 Å². The molecule has 0 aliphatic heterocycles. The van der Waals surface area contributed by atoms with Crippen LogP contribution in [-0.4, -0.2) is 9.97 Å². The summed E-state index contributed by atoms with van der Waals surface area (Å²) in [4.78, 5) is 7.70. The van der Waals surface area contributed by atoms with Gasteiger partial charge in [-0.3, -0.25) is 0 Å². The first-order valence-corrected chi connectivity index (χ1v) is 5.27. The summed E-state index contributed by atoms with van der Waals surface area (Å²) in [5, 5.41) is 0. The maximum absolute atomic E-state index is 4.34. The average Bonchev–Trinajstić information content (AvgIpc) is 2.53. The zero-order valence-corrected chi connectivity index (χ0v) is 8.93. The van der Waals surface area contributed by atoms with Crippen LogP contribution in [0.3, 0.4) is 0 Å². The molecule has 0 atom stereocenters. The van der Waals surface area contributed by atoms with E-state index in [9.17, 15) is 0 Å². The number of aromatic amines is 1. The summed E-state index contributed by atoms with van der Waals surface area (Å²) in [6, 6.07) is 0. The van der Waals surface area contributed by atoms with Crippen molar-refractivity contribution >= 4 is 0 Å². The van der Waals surface area contributed by atoms with Gasteiger partial charge in [0.15, 0.2) is 0 Å². The van der Waals surface area contributed by atoms with Crippen molar-refractivity contribution in [3.8, 4) is 0 Å². The molecule has 0 aromatic carbocycles. The predicted molar refractivity (Wildman–Crippen MR) is 55.9 cm³/mol. The molecule has 0 amide bonds. The van der Waals surface area contributed by atoms with E-state index in [0.29, 0.717) is 5.92 Å². The summed E-state index contributed by atoms with van der Waals surface area (Å²) >= 11 is 0. The Hall–Kier alpha value is -0.790. The van der Waals surface area contributed by atoms with Gasteiger partial charge in [0.1, 0.15) is 5.82 Å². The first-order chi connectivity index (χ1) is 6.24. The van der Waals surface area contributed by atoms with Crippen LogP contribution in [0.4, 0.5) is 0 Å². The standard InChI is InChI=1S/C11H20N2/c1-4-5-6-7-10-8-12-11(13-10)9(2)3/h8-9H,4-7H2,1-3H3,(H,12,13). The molecule has 1 heterocycles. The van der Waals surface area contributed by atoms with Crippen LogP contribution in [0.25, 0.3) is 0 Å². The summed E-state index contributed by atoms with van der Waals surface area (Å²) in [5.41, 5.74) is 1.29. The van der Waals surface area contributed by atoms with E-state index >= 15 is 0 Å². The fraction of sp³-hybridized carbons (Fsp3) is 0.727. The van der Waals surface area contributed by atoms with Gasteiger partial charge in [-0.2, -0.15) is 0 Å². The van der Waals surface area contributed by atoms with Crippen molar-refractivity contribution in [1.82, 2.24) is 9.97 Å². The smallest absolute Gasteiger partial charge is 0.108 e. The monoisotopic (exact) mass is 180 g/mol. The van der Waals surface area contributed by atoms with Crippen molar-refractivity contribution in [2.24, 2.45) is 0 Å². The van der Waals surface area contributed by atoms with E-state index in [2.05, 4.69) is 30.7 Å². The van der Waals surface area contributed by atoms with Crippen LogP contribution in [-0.2, 0) is 6.42 Å². The van der Waals surface area contributed by atoms with Gasteiger partial charge in [-0.15, -0.1) is 0 Å². The highest BCUT2D eigenvalue weighted by atomic mass is 14.9. The Balaban J connectivity index is 2.40. The lowest BCUT2D eigenvalue weighted by atomic mass is 10.2. The molecule has 0 saturated carbocycles. The Morgan fingerprint density at radius 3 is 2.69 bits per heavy atom. The van der Waals surface area contributed by atoms with Crippen molar-refractivity contribution in [3.63, 3.8) is 0 Å². The van der Waals surface area contributed by atoms with Crippen LogP contribution >= 0.6 is 0 Å². The van der Waals surface area contributed by atoms with E-state index in [1.54, 1.807) is 0 Å². The molecule has 0 aliphatic rings. The summed E-state index contributed by atoms with van der Waals surface area (Å²) in [7, 11) is 0. The van der Waals surface area contributed by atoms with E-state index in [4.69, 9.17) is 0 Å². The number of aryl methyl sites for hydroxylation is 1. The summed E-state index contributed by atoms with van der Waals surface area (Å²) in [6.45, 7) is 6.55. The molecular formula is C11H20N2.